The topological polar surface area (TPSA) is 46.2 Å². The second-order valence-electron chi connectivity index (χ2n) is 9.03. The van der Waals surface area contributed by atoms with Crippen molar-refractivity contribution in [2.45, 2.75) is 56.8 Å². The van der Waals surface area contributed by atoms with Gasteiger partial charge in [0, 0.05) is 35.0 Å². The summed E-state index contributed by atoms with van der Waals surface area (Å²) in [6.45, 7) is 0. The minimum atomic E-state index is -4.33. The fourth-order valence-electron chi connectivity index (χ4n) is 5.71. The fourth-order valence-corrected chi connectivity index (χ4v) is 5.71. The fraction of sp³-hybridized carbons (Fsp3) is 0.440. The first-order valence-electron chi connectivity index (χ1n) is 11.0. The van der Waals surface area contributed by atoms with Crippen LogP contribution in [0, 0.1) is 11.8 Å². The van der Waals surface area contributed by atoms with Gasteiger partial charge in [0.25, 0.3) is 0 Å². The number of fused-ring (bicyclic) bond motifs is 3. The molecule has 3 aliphatic carbocycles. The van der Waals surface area contributed by atoms with Crippen molar-refractivity contribution < 1.29 is 22.8 Å². The Morgan fingerprint density at radius 3 is 2.35 bits per heavy atom. The summed E-state index contributed by atoms with van der Waals surface area (Å²) >= 11 is 0. The second-order valence-corrected chi connectivity index (χ2v) is 9.03. The highest BCUT2D eigenvalue weighted by Crippen LogP contribution is 2.40. The van der Waals surface area contributed by atoms with Gasteiger partial charge < -0.3 is 5.32 Å². The molecule has 4 unspecified atom stereocenters. The third kappa shape index (κ3) is 3.61. The number of alkyl halides is 3. The average Bonchev–Trinajstić information content (AvgIpc) is 2.76. The minimum Gasteiger partial charge on any atom is -0.310 e. The Hall–Kier alpha value is -2.47. The molecule has 162 valence electrons. The quantitative estimate of drug-likeness (QED) is 0.732. The van der Waals surface area contributed by atoms with Gasteiger partial charge in [-0.1, -0.05) is 36.8 Å². The van der Waals surface area contributed by atoms with Gasteiger partial charge in [-0.25, -0.2) is 0 Å². The molecule has 1 fully saturated rings. The molecule has 3 aliphatic rings. The van der Waals surface area contributed by atoms with Crippen molar-refractivity contribution in [3.8, 4) is 0 Å². The van der Waals surface area contributed by atoms with Gasteiger partial charge in [0.15, 0.2) is 11.6 Å². The maximum atomic E-state index is 13.3. The number of carbonyl (C=O) groups excluding carboxylic acids is 2. The highest BCUT2D eigenvalue weighted by atomic mass is 19.4. The lowest BCUT2D eigenvalue weighted by molar-refractivity contribution is -0.137. The summed E-state index contributed by atoms with van der Waals surface area (Å²) in [4.78, 5) is 26.3. The largest absolute Gasteiger partial charge is 0.416 e. The summed E-state index contributed by atoms with van der Waals surface area (Å²) in [6, 6.07) is 11.1. The molecule has 0 bridgehead atoms. The zero-order valence-corrected chi connectivity index (χ0v) is 17.0. The van der Waals surface area contributed by atoms with Gasteiger partial charge in [-0.15, -0.1) is 0 Å². The standard InChI is InChI=1S/C25H24F3NO2/c26-25(27,28)16-10-8-15-13-17(11-9-14(15)12-16)29-21-7-3-6-20-22(21)24(31)19-5-2-1-4-18(19)23(20)30/h1-2,4-5,8,10,12,17,20-22,29H,3,6-7,9,11,13H2. The number of Topliss-reactive ketones (excluding diaryl/α,β-unsaturated/α-hetero) is 2. The molecular weight excluding hydrogens is 403 g/mol. The van der Waals surface area contributed by atoms with Crippen LogP contribution in [0.15, 0.2) is 42.5 Å². The van der Waals surface area contributed by atoms with E-state index in [1.165, 1.54) is 6.07 Å². The Labute approximate surface area is 179 Å². The number of halogens is 3. The number of hydrogen-bond acceptors (Lipinski definition) is 3. The van der Waals surface area contributed by atoms with Crippen molar-refractivity contribution in [1.82, 2.24) is 5.32 Å². The van der Waals surface area contributed by atoms with Gasteiger partial charge in [-0.05, 0) is 55.4 Å². The lowest BCUT2D eigenvalue weighted by Crippen LogP contribution is -2.54. The molecule has 1 N–H and O–H groups in total. The number of ketones is 2. The van der Waals surface area contributed by atoms with Crippen molar-refractivity contribution in [2.24, 2.45) is 11.8 Å². The Balaban J connectivity index is 1.35. The molecule has 6 heteroatoms. The number of aryl methyl sites for hydroxylation is 1. The van der Waals surface area contributed by atoms with E-state index in [4.69, 9.17) is 0 Å². The first-order valence-corrected chi connectivity index (χ1v) is 11.0. The number of benzene rings is 2. The van der Waals surface area contributed by atoms with E-state index in [-0.39, 0.29) is 35.5 Å². The van der Waals surface area contributed by atoms with Crippen molar-refractivity contribution in [3.63, 3.8) is 0 Å². The predicted molar refractivity (Wildman–Crippen MR) is 110 cm³/mol. The van der Waals surface area contributed by atoms with E-state index in [2.05, 4.69) is 5.32 Å². The molecule has 0 saturated heterocycles. The molecule has 1 saturated carbocycles. The highest BCUT2D eigenvalue weighted by molar-refractivity contribution is 6.16. The Kier molecular flexibility index (Phi) is 5.00. The molecule has 0 spiro atoms. The van der Waals surface area contributed by atoms with Crippen LogP contribution in [0.1, 0.15) is 63.1 Å². The molecule has 5 rings (SSSR count). The second kappa shape index (κ2) is 7.59. The zero-order chi connectivity index (χ0) is 21.8. The van der Waals surface area contributed by atoms with Crippen LogP contribution in [0.25, 0.3) is 0 Å². The van der Waals surface area contributed by atoms with Crippen molar-refractivity contribution in [3.05, 3.63) is 70.3 Å². The maximum absolute atomic E-state index is 13.3. The molecule has 0 heterocycles. The third-order valence-corrected chi connectivity index (χ3v) is 7.21. The Bertz CT molecular complexity index is 1050. The van der Waals surface area contributed by atoms with Crippen molar-refractivity contribution in [2.75, 3.05) is 0 Å². The van der Waals surface area contributed by atoms with Crippen molar-refractivity contribution in [1.29, 1.82) is 0 Å². The molecule has 0 amide bonds. The smallest absolute Gasteiger partial charge is 0.310 e. The van der Waals surface area contributed by atoms with Crippen LogP contribution in [-0.4, -0.2) is 23.7 Å². The highest BCUT2D eigenvalue weighted by Gasteiger charge is 2.47. The van der Waals surface area contributed by atoms with Crippen LogP contribution in [-0.2, 0) is 19.0 Å². The van der Waals surface area contributed by atoms with Crippen LogP contribution in [0.3, 0.4) is 0 Å². The Morgan fingerprint density at radius 1 is 0.871 bits per heavy atom. The SMILES string of the molecule is O=C1c2ccccc2C(=O)C2C(NC3CCc4cc(C(F)(F)F)ccc4C3)CCCC12. The zero-order valence-electron chi connectivity index (χ0n) is 17.0. The van der Waals surface area contributed by atoms with Crippen LogP contribution >= 0.6 is 0 Å². The van der Waals surface area contributed by atoms with Crippen LogP contribution in [0.5, 0.6) is 0 Å². The van der Waals surface area contributed by atoms with Crippen LogP contribution in [0.4, 0.5) is 13.2 Å². The van der Waals surface area contributed by atoms with Gasteiger partial charge in [0.1, 0.15) is 0 Å². The molecule has 0 aliphatic heterocycles. The molecule has 0 aromatic heterocycles. The molecule has 2 aromatic carbocycles. The molecular formula is C25H24F3NO2. The van der Waals surface area contributed by atoms with Gasteiger partial charge >= 0.3 is 6.18 Å². The van der Waals surface area contributed by atoms with Crippen LogP contribution < -0.4 is 5.32 Å². The van der Waals surface area contributed by atoms with E-state index in [1.807, 2.05) is 0 Å². The van der Waals surface area contributed by atoms with Crippen LogP contribution in [0.2, 0.25) is 0 Å². The number of rotatable bonds is 2. The summed E-state index contributed by atoms with van der Waals surface area (Å²) in [7, 11) is 0. The number of hydrogen-bond donors (Lipinski definition) is 1. The lowest BCUT2D eigenvalue weighted by atomic mass is 9.65. The summed E-state index contributed by atoms with van der Waals surface area (Å²) < 4.78 is 39.0. The van der Waals surface area contributed by atoms with Gasteiger partial charge in [-0.2, -0.15) is 13.2 Å². The Morgan fingerprint density at radius 2 is 1.61 bits per heavy atom. The third-order valence-electron chi connectivity index (χ3n) is 7.21. The molecule has 2 aromatic rings. The predicted octanol–water partition coefficient (Wildman–Crippen LogP) is 5.02. The van der Waals surface area contributed by atoms with Crippen molar-refractivity contribution >= 4 is 11.6 Å². The molecule has 4 atom stereocenters. The average molecular weight is 427 g/mol. The maximum Gasteiger partial charge on any atom is 0.416 e. The van der Waals surface area contributed by atoms with Gasteiger partial charge in [0.2, 0.25) is 0 Å². The van der Waals surface area contributed by atoms with Gasteiger partial charge in [-0.3, -0.25) is 9.59 Å². The number of nitrogens with one attached hydrogen (secondary N) is 1. The summed E-state index contributed by atoms with van der Waals surface area (Å²) in [5.41, 5.74) is 2.16. The summed E-state index contributed by atoms with van der Waals surface area (Å²) in [5.74, 6) is -0.521. The molecule has 3 nitrogen and oxygen atoms in total. The van der Waals surface area contributed by atoms with E-state index in [0.29, 0.717) is 24.0 Å². The lowest BCUT2D eigenvalue weighted by Gasteiger charge is -2.42. The monoisotopic (exact) mass is 427 g/mol. The molecule has 0 radical (unpaired) electrons. The van der Waals surface area contributed by atoms with E-state index >= 15 is 0 Å². The minimum absolute atomic E-state index is 0.0448. The van der Waals surface area contributed by atoms with Gasteiger partial charge in [0.05, 0.1) is 5.56 Å². The first-order chi connectivity index (χ1) is 14.8. The van der Waals surface area contributed by atoms with E-state index in [1.54, 1.807) is 30.3 Å². The normalized spacial score (nSPS) is 28.0. The molecule has 31 heavy (non-hydrogen) atoms. The van der Waals surface area contributed by atoms with E-state index in [9.17, 15) is 22.8 Å². The van der Waals surface area contributed by atoms with E-state index in [0.717, 1.165) is 42.9 Å². The summed E-state index contributed by atoms with van der Waals surface area (Å²) in [6.07, 6.45) is 0.0618. The summed E-state index contributed by atoms with van der Waals surface area (Å²) in [5, 5.41) is 3.63. The van der Waals surface area contributed by atoms with E-state index < -0.39 is 11.7 Å². The first kappa shape index (κ1) is 20.4. The number of carbonyl (C=O) groups is 2.